The second-order valence-electron chi connectivity index (χ2n) is 5.40. The fourth-order valence-corrected chi connectivity index (χ4v) is 2.93. The average Bonchev–Trinajstić information content (AvgIpc) is 2.09. The summed E-state index contributed by atoms with van der Waals surface area (Å²) >= 11 is 0. The lowest BCUT2D eigenvalue weighted by Gasteiger charge is -2.52. The number of hydrogen-bond donors (Lipinski definition) is 0. The van der Waals surface area contributed by atoms with Crippen LogP contribution in [0.2, 0.25) is 0 Å². The Morgan fingerprint density at radius 2 is 1.93 bits per heavy atom. The quantitative estimate of drug-likeness (QED) is 0.692. The summed E-state index contributed by atoms with van der Waals surface area (Å²) in [5.74, 6) is 1.51. The predicted octanol–water partition coefficient (Wildman–Crippen LogP) is 1.65. The maximum atomic E-state index is 8.90. The third-order valence-corrected chi connectivity index (χ3v) is 3.69. The second-order valence-corrected chi connectivity index (χ2v) is 5.40. The van der Waals surface area contributed by atoms with Crippen molar-refractivity contribution in [1.29, 1.82) is 5.26 Å². The number of likely N-dealkylation sites (tertiary alicyclic amines) is 1. The number of nitrogens with zero attached hydrogens (tertiary/aromatic N) is 2. The molecule has 0 N–H and O–H groups in total. The van der Waals surface area contributed by atoms with Gasteiger partial charge in [-0.05, 0) is 18.3 Å². The van der Waals surface area contributed by atoms with E-state index in [0.717, 1.165) is 38.1 Å². The molecule has 2 aliphatic rings. The van der Waals surface area contributed by atoms with Crippen LogP contribution >= 0.6 is 0 Å². The van der Waals surface area contributed by atoms with Gasteiger partial charge in [-0.2, -0.15) is 5.26 Å². The Kier molecular flexibility index (Phi) is 2.99. The van der Waals surface area contributed by atoms with E-state index in [9.17, 15) is 0 Å². The summed E-state index contributed by atoms with van der Waals surface area (Å²) in [6.07, 6.45) is 1.94. The van der Waals surface area contributed by atoms with E-state index in [4.69, 9.17) is 10.00 Å². The molecule has 3 heteroatoms. The topological polar surface area (TPSA) is 36.3 Å². The Hall–Kier alpha value is -0.590. The van der Waals surface area contributed by atoms with Crippen LogP contribution in [0, 0.1) is 23.2 Å². The van der Waals surface area contributed by atoms with Gasteiger partial charge in [0.25, 0.3) is 0 Å². The molecule has 0 aliphatic carbocycles. The Bertz CT molecular complexity index is 257. The van der Waals surface area contributed by atoms with Gasteiger partial charge >= 0.3 is 0 Å². The fraction of sp³-hybridized carbons (Fsp3) is 0.917. The number of piperidine rings is 1. The van der Waals surface area contributed by atoms with Crippen LogP contribution in [0.1, 0.15) is 26.7 Å². The fourth-order valence-electron chi connectivity index (χ4n) is 2.93. The molecule has 0 aromatic carbocycles. The van der Waals surface area contributed by atoms with Crippen LogP contribution in [-0.2, 0) is 4.74 Å². The van der Waals surface area contributed by atoms with E-state index >= 15 is 0 Å². The monoisotopic (exact) mass is 208 g/mol. The average molecular weight is 208 g/mol. The van der Waals surface area contributed by atoms with Gasteiger partial charge in [0.15, 0.2) is 0 Å². The van der Waals surface area contributed by atoms with Crippen LogP contribution < -0.4 is 0 Å². The maximum Gasteiger partial charge on any atom is 0.0809 e. The molecular formula is C12H20N2O. The van der Waals surface area contributed by atoms with E-state index < -0.39 is 0 Å². The van der Waals surface area contributed by atoms with Crippen molar-refractivity contribution < 1.29 is 4.74 Å². The van der Waals surface area contributed by atoms with E-state index in [0.29, 0.717) is 6.42 Å². The van der Waals surface area contributed by atoms with Crippen LogP contribution in [0.25, 0.3) is 0 Å². The summed E-state index contributed by atoms with van der Waals surface area (Å²) in [5, 5.41) is 8.90. The first kappa shape index (κ1) is 10.9. The highest BCUT2D eigenvalue weighted by molar-refractivity contribution is 5.03. The SMILES string of the molecule is C[C@H]1C[C@H](C)CN(C2(CC#N)COC2)C1. The first-order valence-corrected chi connectivity index (χ1v) is 5.86. The predicted molar refractivity (Wildman–Crippen MR) is 58.3 cm³/mol. The van der Waals surface area contributed by atoms with Crippen molar-refractivity contribution in [2.24, 2.45) is 11.8 Å². The first-order valence-electron chi connectivity index (χ1n) is 5.86. The van der Waals surface area contributed by atoms with Crippen LogP contribution in [-0.4, -0.2) is 36.7 Å². The highest BCUT2D eigenvalue weighted by Gasteiger charge is 2.45. The van der Waals surface area contributed by atoms with E-state index in [1.54, 1.807) is 0 Å². The summed E-state index contributed by atoms with van der Waals surface area (Å²) in [6, 6.07) is 2.32. The molecule has 2 saturated heterocycles. The van der Waals surface area contributed by atoms with Crippen molar-refractivity contribution in [3.8, 4) is 6.07 Å². The van der Waals surface area contributed by atoms with Crippen LogP contribution in [0.3, 0.4) is 0 Å². The van der Waals surface area contributed by atoms with Gasteiger partial charge in [0.2, 0.25) is 0 Å². The first-order chi connectivity index (χ1) is 7.16. The lowest BCUT2D eigenvalue weighted by Crippen LogP contribution is -2.64. The third-order valence-electron chi connectivity index (χ3n) is 3.69. The van der Waals surface area contributed by atoms with Gasteiger partial charge in [0, 0.05) is 13.1 Å². The largest absolute Gasteiger partial charge is 0.377 e. The van der Waals surface area contributed by atoms with E-state index in [-0.39, 0.29) is 5.54 Å². The zero-order valence-corrected chi connectivity index (χ0v) is 9.70. The lowest BCUT2D eigenvalue weighted by molar-refractivity contribution is -0.152. The maximum absolute atomic E-state index is 8.90. The van der Waals surface area contributed by atoms with Gasteiger partial charge in [-0.15, -0.1) is 0 Å². The molecule has 84 valence electrons. The summed E-state index contributed by atoms with van der Waals surface area (Å²) in [6.45, 7) is 8.38. The molecule has 0 unspecified atom stereocenters. The number of ether oxygens (including phenoxy) is 1. The number of nitriles is 1. The second kappa shape index (κ2) is 4.11. The molecule has 0 radical (unpaired) electrons. The Morgan fingerprint density at radius 3 is 2.33 bits per heavy atom. The van der Waals surface area contributed by atoms with Gasteiger partial charge < -0.3 is 4.74 Å². The van der Waals surface area contributed by atoms with Gasteiger partial charge in [-0.25, -0.2) is 0 Å². The molecule has 0 saturated carbocycles. The van der Waals surface area contributed by atoms with Crippen molar-refractivity contribution in [2.45, 2.75) is 32.2 Å². The van der Waals surface area contributed by atoms with Crippen LogP contribution in [0.5, 0.6) is 0 Å². The van der Waals surface area contributed by atoms with Gasteiger partial charge in [-0.3, -0.25) is 4.90 Å². The summed E-state index contributed by atoms with van der Waals surface area (Å²) in [5.41, 5.74) is 0.0533. The van der Waals surface area contributed by atoms with Crippen molar-refractivity contribution in [1.82, 2.24) is 4.90 Å². The van der Waals surface area contributed by atoms with Gasteiger partial charge in [-0.1, -0.05) is 13.8 Å². The zero-order valence-electron chi connectivity index (χ0n) is 9.70. The van der Waals surface area contributed by atoms with Gasteiger partial charge in [0.05, 0.1) is 31.2 Å². The van der Waals surface area contributed by atoms with E-state index in [1.807, 2.05) is 0 Å². The highest BCUT2D eigenvalue weighted by atomic mass is 16.5. The standard InChI is InChI=1S/C12H20N2O/c1-10-5-11(2)7-14(6-10)12(3-4-13)8-15-9-12/h10-11H,3,5-9H2,1-2H3/t10-,11-/m0/s1. The summed E-state index contributed by atoms with van der Waals surface area (Å²) in [7, 11) is 0. The molecular weight excluding hydrogens is 188 g/mol. The van der Waals surface area contributed by atoms with Crippen LogP contribution in [0.15, 0.2) is 0 Å². The molecule has 15 heavy (non-hydrogen) atoms. The minimum atomic E-state index is 0.0533. The molecule has 2 rings (SSSR count). The minimum Gasteiger partial charge on any atom is -0.377 e. The molecule has 2 fully saturated rings. The molecule has 2 aliphatic heterocycles. The number of hydrogen-bond acceptors (Lipinski definition) is 3. The smallest absolute Gasteiger partial charge is 0.0809 e. The summed E-state index contributed by atoms with van der Waals surface area (Å²) in [4.78, 5) is 2.50. The number of rotatable bonds is 2. The van der Waals surface area contributed by atoms with Crippen molar-refractivity contribution >= 4 is 0 Å². The Morgan fingerprint density at radius 1 is 1.33 bits per heavy atom. The molecule has 0 aromatic rings. The zero-order chi connectivity index (χ0) is 10.9. The normalized spacial score (nSPS) is 35.5. The lowest BCUT2D eigenvalue weighted by atomic mass is 9.84. The van der Waals surface area contributed by atoms with Crippen molar-refractivity contribution in [3.63, 3.8) is 0 Å². The van der Waals surface area contributed by atoms with Gasteiger partial charge in [0.1, 0.15) is 0 Å². The third kappa shape index (κ3) is 2.02. The Labute approximate surface area is 92.0 Å². The molecule has 2 atom stereocenters. The molecule has 3 nitrogen and oxygen atoms in total. The molecule has 0 amide bonds. The highest BCUT2D eigenvalue weighted by Crippen LogP contribution is 2.34. The van der Waals surface area contributed by atoms with E-state index in [1.165, 1.54) is 6.42 Å². The van der Waals surface area contributed by atoms with Crippen molar-refractivity contribution in [3.05, 3.63) is 0 Å². The minimum absolute atomic E-state index is 0.0533. The molecule has 2 heterocycles. The van der Waals surface area contributed by atoms with Crippen molar-refractivity contribution in [2.75, 3.05) is 26.3 Å². The molecule has 0 aromatic heterocycles. The Balaban J connectivity index is 2.04. The van der Waals surface area contributed by atoms with E-state index in [2.05, 4.69) is 24.8 Å². The molecule has 0 spiro atoms. The summed E-state index contributed by atoms with van der Waals surface area (Å²) < 4.78 is 5.32. The molecule has 0 bridgehead atoms. The van der Waals surface area contributed by atoms with Crippen LogP contribution in [0.4, 0.5) is 0 Å².